The highest BCUT2D eigenvalue weighted by Crippen LogP contribution is 2.12. The molecule has 1 aromatic carbocycles. The van der Waals surface area contributed by atoms with E-state index < -0.39 is 0 Å². The standard InChI is InChI=1S/C19H30O2/c1-2-3-4-5-6-7-8-12-15-19(16-20)21-17-18-13-10-9-11-14-18/h9-11,13-14,16,19H,2-8,12,15,17H2,1H3/t19-/m0/s1. The van der Waals surface area contributed by atoms with Gasteiger partial charge in [-0.2, -0.15) is 0 Å². The number of rotatable bonds is 13. The minimum atomic E-state index is -0.245. The van der Waals surface area contributed by atoms with E-state index in [4.69, 9.17) is 4.74 Å². The largest absolute Gasteiger partial charge is 0.366 e. The molecule has 1 rings (SSSR count). The van der Waals surface area contributed by atoms with Crippen molar-refractivity contribution in [3.8, 4) is 0 Å². The van der Waals surface area contributed by atoms with Gasteiger partial charge in [-0.1, -0.05) is 88.6 Å². The first kappa shape index (κ1) is 17.9. The summed E-state index contributed by atoms with van der Waals surface area (Å²) in [7, 11) is 0. The lowest BCUT2D eigenvalue weighted by atomic mass is 10.1. The van der Waals surface area contributed by atoms with Crippen LogP contribution in [0, 0.1) is 0 Å². The Morgan fingerprint density at radius 1 is 0.952 bits per heavy atom. The molecule has 2 heteroatoms. The Labute approximate surface area is 129 Å². The number of benzene rings is 1. The van der Waals surface area contributed by atoms with Crippen molar-refractivity contribution in [1.29, 1.82) is 0 Å². The summed E-state index contributed by atoms with van der Waals surface area (Å²) in [5.41, 5.74) is 1.13. The summed E-state index contributed by atoms with van der Waals surface area (Å²) in [5, 5.41) is 0. The van der Waals surface area contributed by atoms with Crippen LogP contribution >= 0.6 is 0 Å². The zero-order valence-corrected chi connectivity index (χ0v) is 13.4. The number of hydrogen-bond acceptors (Lipinski definition) is 2. The van der Waals surface area contributed by atoms with Crippen molar-refractivity contribution >= 4 is 6.29 Å². The maximum Gasteiger partial charge on any atom is 0.148 e. The average molecular weight is 290 g/mol. The molecule has 0 saturated carbocycles. The molecule has 0 fully saturated rings. The minimum Gasteiger partial charge on any atom is -0.366 e. The summed E-state index contributed by atoms with van der Waals surface area (Å²) in [6.07, 6.45) is 11.9. The highest BCUT2D eigenvalue weighted by atomic mass is 16.5. The van der Waals surface area contributed by atoms with Crippen molar-refractivity contribution in [2.24, 2.45) is 0 Å². The third-order valence-electron chi connectivity index (χ3n) is 3.80. The summed E-state index contributed by atoms with van der Waals surface area (Å²) >= 11 is 0. The first-order chi connectivity index (χ1) is 10.4. The molecule has 0 spiro atoms. The third kappa shape index (κ3) is 9.41. The zero-order valence-electron chi connectivity index (χ0n) is 13.4. The van der Waals surface area contributed by atoms with Crippen LogP contribution in [0.4, 0.5) is 0 Å². The Kier molecular flexibility index (Phi) is 10.7. The lowest BCUT2D eigenvalue weighted by Crippen LogP contribution is -2.14. The van der Waals surface area contributed by atoms with Crippen LogP contribution in [0.3, 0.4) is 0 Å². The van der Waals surface area contributed by atoms with Gasteiger partial charge in [-0.15, -0.1) is 0 Å². The molecule has 118 valence electrons. The second kappa shape index (κ2) is 12.6. The van der Waals surface area contributed by atoms with Gasteiger partial charge in [-0.25, -0.2) is 0 Å². The topological polar surface area (TPSA) is 26.3 Å². The number of aldehydes is 1. The number of unbranched alkanes of at least 4 members (excludes halogenated alkanes) is 7. The number of carbonyl (C=O) groups excluding carboxylic acids is 1. The van der Waals surface area contributed by atoms with Crippen molar-refractivity contribution in [1.82, 2.24) is 0 Å². The van der Waals surface area contributed by atoms with E-state index in [-0.39, 0.29) is 6.10 Å². The molecule has 0 bridgehead atoms. The molecule has 1 aromatic rings. The van der Waals surface area contributed by atoms with Crippen LogP contribution in [-0.2, 0) is 16.1 Å². The molecule has 0 N–H and O–H groups in total. The summed E-state index contributed by atoms with van der Waals surface area (Å²) < 4.78 is 5.67. The van der Waals surface area contributed by atoms with E-state index in [2.05, 4.69) is 6.92 Å². The quantitative estimate of drug-likeness (QED) is 0.364. The molecule has 2 nitrogen and oxygen atoms in total. The maximum absolute atomic E-state index is 11.0. The highest BCUT2D eigenvalue weighted by molar-refractivity contribution is 5.55. The Balaban J connectivity index is 2.02. The molecule has 0 aromatic heterocycles. The Bertz CT molecular complexity index is 348. The summed E-state index contributed by atoms with van der Waals surface area (Å²) in [6.45, 7) is 2.77. The molecule has 0 aliphatic rings. The van der Waals surface area contributed by atoms with Crippen LogP contribution in [0.25, 0.3) is 0 Å². The van der Waals surface area contributed by atoms with Crippen LogP contribution in [0.1, 0.15) is 70.3 Å². The fourth-order valence-electron chi connectivity index (χ4n) is 2.45. The zero-order chi connectivity index (χ0) is 15.2. The molecule has 0 heterocycles. The predicted octanol–water partition coefficient (Wildman–Crippen LogP) is 5.30. The van der Waals surface area contributed by atoms with E-state index in [9.17, 15) is 4.79 Å². The van der Waals surface area contributed by atoms with Gasteiger partial charge in [0.2, 0.25) is 0 Å². The molecular formula is C19H30O2. The van der Waals surface area contributed by atoms with E-state index in [1.54, 1.807) is 0 Å². The van der Waals surface area contributed by atoms with Crippen LogP contribution in [-0.4, -0.2) is 12.4 Å². The van der Waals surface area contributed by atoms with Crippen molar-refractivity contribution < 1.29 is 9.53 Å². The summed E-state index contributed by atoms with van der Waals surface area (Å²) in [5.74, 6) is 0. The second-order valence-corrected chi connectivity index (χ2v) is 5.73. The van der Waals surface area contributed by atoms with Gasteiger partial charge in [0.15, 0.2) is 0 Å². The Morgan fingerprint density at radius 2 is 1.57 bits per heavy atom. The van der Waals surface area contributed by atoms with Crippen LogP contribution in [0.15, 0.2) is 30.3 Å². The molecule has 0 aliphatic heterocycles. The SMILES string of the molecule is CCCCCCCCCC[C@@H](C=O)OCc1ccccc1. The van der Waals surface area contributed by atoms with Gasteiger partial charge in [-0.05, 0) is 12.0 Å². The van der Waals surface area contributed by atoms with E-state index in [1.165, 1.54) is 44.9 Å². The van der Waals surface area contributed by atoms with E-state index in [1.807, 2.05) is 30.3 Å². The van der Waals surface area contributed by atoms with Gasteiger partial charge < -0.3 is 9.53 Å². The van der Waals surface area contributed by atoms with Gasteiger partial charge in [0.1, 0.15) is 12.4 Å². The molecule has 21 heavy (non-hydrogen) atoms. The van der Waals surface area contributed by atoms with E-state index in [0.717, 1.165) is 24.7 Å². The Hall–Kier alpha value is -1.15. The molecule has 0 radical (unpaired) electrons. The molecule has 1 atom stereocenters. The molecule has 0 unspecified atom stereocenters. The Morgan fingerprint density at radius 3 is 2.19 bits per heavy atom. The van der Waals surface area contributed by atoms with Gasteiger partial charge >= 0.3 is 0 Å². The van der Waals surface area contributed by atoms with Crippen molar-refractivity contribution in [3.63, 3.8) is 0 Å². The lowest BCUT2D eigenvalue weighted by Gasteiger charge is -2.11. The lowest BCUT2D eigenvalue weighted by molar-refractivity contribution is -0.119. The van der Waals surface area contributed by atoms with Gasteiger partial charge in [0, 0.05) is 0 Å². The normalized spacial score (nSPS) is 12.2. The monoisotopic (exact) mass is 290 g/mol. The van der Waals surface area contributed by atoms with Gasteiger partial charge in [0.05, 0.1) is 6.61 Å². The first-order valence-corrected chi connectivity index (χ1v) is 8.47. The molecular weight excluding hydrogens is 260 g/mol. The smallest absolute Gasteiger partial charge is 0.148 e. The maximum atomic E-state index is 11.0. The predicted molar refractivity (Wildman–Crippen MR) is 88.3 cm³/mol. The summed E-state index contributed by atoms with van der Waals surface area (Å²) in [4.78, 5) is 11.0. The van der Waals surface area contributed by atoms with E-state index in [0.29, 0.717) is 6.61 Å². The fraction of sp³-hybridized carbons (Fsp3) is 0.632. The average Bonchev–Trinajstić information content (AvgIpc) is 2.54. The number of ether oxygens (including phenoxy) is 1. The van der Waals surface area contributed by atoms with Crippen molar-refractivity contribution in [3.05, 3.63) is 35.9 Å². The van der Waals surface area contributed by atoms with E-state index >= 15 is 0 Å². The molecule has 0 amide bonds. The van der Waals surface area contributed by atoms with Crippen LogP contribution in [0.2, 0.25) is 0 Å². The summed E-state index contributed by atoms with van der Waals surface area (Å²) in [6, 6.07) is 10.0. The van der Waals surface area contributed by atoms with Gasteiger partial charge in [0.25, 0.3) is 0 Å². The second-order valence-electron chi connectivity index (χ2n) is 5.73. The highest BCUT2D eigenvalue weighted by Gasteiger charge is 2.07. The van der Waals surface area contributed by atoms with Crippen molar-refractivity contribution in [2.45, 2.75) is 77.4 Å². The van der Waals surface area contributed by atoms with Crippen molar-refractivity contribution in [2.75, 3.05) is 0 Å². The first-order valence-electron chi connectivity index (χ1n) is 8.47. The number of hydrogen-bond donors (Lipinski definition) is 0. The molecule has 0 aliphatic carbocycles. The molecule has 0 saturated heterocycles. The number of carbonyl (C=O) groups is 1. The van der Waals surface area contributed by atoms with Crippen LogP contribution < -0.4 is 0 Å². The third-order valence-corrected chi connectivity index (χ3v) is 3.80. The minimum absolute atomic E-state index is 0.245. The van der Waals surface area contributed by atoms with Crippen LogP contribution in [0.5, 0.6) is 0 Å². The fourth-order valence-corrected chi connectivity index (χ4v) is 2.45. The van der Waals surface area contributed by atoms with Gasteiger partial charge in [-0.3, -0.25) is 0 Å².